The lowest BCUT2D eigenvalue weighted by atomic mass is 9.96. The summed E-state index contributed by atoms with van der Waals surface area (Å²) in [4.78, 5) is 29.8. The lowest BCUT2D eigenvalue weighted by Gasteiger charge is -2.24. The van der Waals surface area contributed by atoms with Crippen molar-refractivity contribution in [2.75, 3.05) is 13.2 Å². The highest BCUT2D eigenvalue weighted by molar-refractivity contribution is 5.82. The molecule has 6 nitrogen and oxygen atoms in total. The summed E-state index contributed by atoms with van der Waals surface area (Å²) >= 11 is 0. The predicted molar refractivity (Wildman–Crippen MR) is 118 cm³/mol. The third-order valence-corrected chi connectivity index (χ3v) is 6.12. The normalized spacial score (nSPS) is 15.8. The summed E-state index contributed by atoms with van der Waals surface area (Å²) in [7, 11) is 0. The van der Waals surface area contributed by atoms with E-state index in [0.717, 1.165) is 37.8 Å². The summed E-state index contributed by atoms with van der Waals surface area (Å²) in [5.41, 5.74) is 0.791. The van der Waals surface area contributed by atoms with Crippen LogP contribution in [-0.2, 0) is 28.7 Å². The van der Waals surface area contributed by atoms with Gasteiger partial charge < -0.3 is 14.7 Å². The fourth-order valence-electron chi connectivity index (χ4n) is 3.86. The molecular weight excluding hydrogens is 449 g/mol. The summed E-state index contributed by atoms with van der Waals surface area (Å²) in [5, 5.41) is 9.20. The molecule has 1 aromatic carbocycles. The van der Waals surface area contributed by atoms with E-state index in [1.807, 2.05) is 0 Å². The molecule has 0 radical (unpaired) electrons. The van der Waals surface area contributed by atoms with Crippen molar-refractivity contribution in [3.8, 4) is 17.0 Å². The average Bonchev–Trinajstić information content (AvgIpc) is 3.69. The number of carbonyl (C=O) groups is 2. The molecule has 0 aliphatic heterocycles. The second-order valence-corrected chi connectivity index (χ2v) is 9.02. The molecule has 0 saturated heterocycles. The Morgan fingerprint density at radius 2 is 1.88 bits per heavy atom. The molecule has 2 aromatic rings. The van der Waals surface area contributed by atoms with Crippen molar-refractivity contribution in [2.45, 2.75) is 51.7 Å². The summed E-state index contributed by atoms with van der Waals surface area (Å²) in [6.07, 6.45) is 0.286. The van der Waals surface area contributed by atoms with Crippen LogP contribution < -0.4 is 4.74 Å². The molecule has 2 fully saturated rings. The van der Waals surface area contributed by atoms with Crippen LogP contribution in [0, 0.1) is 11.8 Å². The summed E-state index contributed by atoms with van der Waals surface area (Å²) in [5.74, 6) is -0.494. The van der Waals surface area contributed by atoms with Crippen LogP contribution in [0.1, 0.15) is 49.3 Å². The van der Waals surface area contributed by atoms with Crippen LogP contribution in [0.3, 0.4) is 0 Å². The van der Waals surface area contributed by atoms with Crippen LogP contribution in [-0.4, -0.2) is 40.0 Å². The van der Waals surface area contributed by atoms with Gasteiger partial charge in [0.05, 0.1) is 18.6 Å². The number of rotatable bonds is 10. The molecule has 9 heteroatoms. The quantitative estimate of drug-likeness (QED) is 0.525. The predicted octanol–water partition coefficient (Wildman–Crippen LogP) is 4.94. The van der Waals surface area contributed by atoms with Crippen LogP contribution in [0.2, 0.25) is 0 Å². The highest BCUT2D eigenvalue weighted by atomic mass is 19.4. The minimum atomic E-state index is -4.54. The SMILES string of the molecule is CCN(Cc1cc(C(F)(F)F)ccc1-c1cc(CC(=O)O)cnc1OCC1CC1)C(=O)C1CC1. The number of alkyl halides is 3. The fourth-order valence-corrected chi connectivity index (χ4v) is 3.86. The molecular formula is C25H27F3N2O4. The van der Waals surface area contributed by atoms with Gasteiger partial charge in [0.1, 0.15) is 0 Å². The molecule has 0 bridgehead atoms. The van der Waals surface area contributed by atoms with Gasteiger partial charge in [0.2, 0.25) is 11.8 Å². The highest BCUT2D eigenvalue weighted by Gasteiger charge is 2.35. The minimum absolute atomic E-state index is 0.0102. The number of carboxylic acid groups (broad SMARTS) is 1. The van der Waals surface area contributed by atoms with Gasteiger partial charge in [-0.1, -0.05) is 6.07 Å². The molecule has 2 saturated carbocycles. The standard InChI is InChI=1S/C25H27F3N2O4/c1-2-30(24(33)17-5-6-17)13-18-11-19(25(26,27)28)7-8-20(18)21-9-16(10-22(31)32)12-29-23(21)34-14-15-3-4-15/h7-9,11-12,15,17H,2-6,10,13-14H2,1H3,(H,31,32). The first kappa shape index (κ1) is 24.0. The number of hydrogen-bond donors (Lipinski definition) is 1. The van der Waals surface area contributed by atoms with E-state index in [1.54, 1.807) is 17.9 Å². The Morgan fingerprint density at radius 3 is 2.47 bits per heavy atom. The van der Waals surface area contributed by atoms with E-state index in [9.17, 15) is 27.9 Å². The Hall–Kier alpha value is -3.10. The van der Waals surface area contributed by atoms with Crippen molar-refractivity contribution in [1.82, 2.24) is 9.88 Å². The molecule has 0 atom stereocenters. The third kappa shape index (κ3) is 5.87. The van der Waals surface area contributed by atoms with Crippen LogP contribution in [0.4, 0.5) is 13.2 Å². The first-order chi connectivity index (χ1) is 16.2. The second-order valence-electron chi connectivity index (χ2n) is 9.02. The van der Waals surface area contributed by atoms with Crippen LogP contribution in [0.15, 0.2) is 30.5 Å². The van der Waals surface area contributed by atoms with E-state index in [-0.39, 0.29) is 30.7 Å². The maximum Gasteiger partial charge on any atom is 0.416 e. The van der Waals surface area contributed by atoms with Crippen LogP contribution >= 0.6 is 0 Å². The molecule has 1 amide bonds. The first-order valence-corrected chi connectivity index (χ1v) is 11.5. The van der Waals surface area contributed by atoms with Crippen molar-refractivity contribution >= 4 is 11.9 Å². The van der Waals surface area contributed by atoms with Gasteiger partial charge in [-0.3, -0.25) is 9.59 Å². The fraction of sp³-hybridized carbons (Fsp3) is 0.480. The van der Waals surface area contributed by atoms with Gasteiger partial charge in [-0.15, -0.1) is 0 Å². The Balaban J connectivity index is 1.77. The molecule has 182 valence electrons. The van der Waals surface area contributed by atoms with Gasteiger partial charge in [-0.2, -0.15) is 13.2 Å². The number of hydrogen-bond acceptors (Lipinski definition) is 4. The number of benzene rings is 1. The van der Waals surface area contributed by atoms with Gasteiger partial charge >= 0.3 is 12.1 Å². The summed E-state index contributed by atoms with van der Waals surface area (Å²) in [6.45, 7) is 2.62. The van der Waals surface area contributed by atoms with Crippen LogP contribution in [0.5, 0.6) is 5.88 Å². The van der Waals surface area contributed by atoms with Crippen LogP contribution in [0.25, 0.3) is 11.1 Å². The van der Waals surface area contributed by atoms with Crippen molar-refractivity contribution in [3.63, 3.8) is 0 Å². The molecule has 4 rings (SSSR count). The zero-order valence-corrected chi connectivity index (χ0v) is 18.9. The Bertz CT molecular complexity index is 1080. The number of aliphatic carboxylic acids is 1. The maximum atomic E-state index is 13.5. The molecule has 1 N–H and O–H groups in total. The molecule has 2 aliphatic carbocycles. The summed E-state index contributed by atoms with van der Waals surface area (Å²) in [6, 6.07) is 5.02. The number of carboxylic acids is 1. The largest absolute Gasteiger partial charge is 0.481 e. The van der Waals surface area contributed by atoms with E-state index in [0.29, 0.717) is 41.3 Å². The topological polar surface area (TPSA) is 79.7 Å². The van der Waals surface area contributed by atoms with Crippen molar-refractivity contribution in [1.29, 1.82) is 0 Å². The lowest BCUT2D eigenvalue weighted by molar-refractivity contribution is -0.138. The van der Waals surface area contributed by atoms with Crippen molar-refractivity contribution in [2.24, 2.45) is 11.8 Å². The Morgan fingerprint density at radius 1 is 1.15 bits per heavy atom. The minimum Gasteiger partial charge on any atom is -0.481 e. The van der Waals surface area contributed by atoms with E-state index in [1.165, 1.54) is 12.3 Å². The van der Waals surface area contributed by atoms with Gasteiger partial charge in [0.15, 0.2) is 0 Å². The van der Waals surface area contributed by atoms with E-state index in [4.69, 9.17) is 4.74 Å². The van der Waals surface area contributed by atoms with E-state index >= 15 is 0 Å². The Labute approximate surface area is 195 Å². The third-order valence-electron chi connectivity index (χ3n) is 6.12. The Kier molecular flexibility index (Phi) is 6.81. The molecule has 0 unspecified atom stereocenters. The molecule has 2 aliphatic rings. The van der Waals surface area contributed by atoms with Gasteiger partial charge in [-0.25, -0.2) is 4.98 Å². The smallest absolute Gasteiger partial charge is 0.416 e. The number of ether oxygens (including phenoxy) is 1. The maximum absolute atomic E-state index is 13.5. The zero-order valence-electron chi connectivity index (χ0n) is 18.9. The molecule has 1 aromatic heterocycles. The second kappa shape index (κ2) is 9.64. The number of amides is 1. The van der Waals surface area contributed by atoms with Crippen molar-refractivity contribution in [3.05, 3.63) is 47.2 Å². The van der Waals surface area contributed by atoms with Crippen molar-refractivity contribution < 1.29 is 32.6 Å². The molecule has 1 heterocycles. The average molecular weight is 476 g/mol. The number of nitrogens with zero attached hydrogens (tertiary/aromatic N) is 2. The van der Waals surface area contributed by atoms with Gasteiger partial charge in [0.25, 0.3) is 0 Å². The highest BCUT2D eigenvalue weighted by Crippen LogP contribution is 2.39. The monoisotopic (exact) mass is 476 g/mol. The lowest BCUT2D eigenvalue weighted by Crippen LogP contribution is -2.31. The van der Waals surface area contributed by atoms with Gasteiger partial charge in [-0.05, 0) is 73.4 Å². The number of halogens is 3. The summed E-state index contributed by atoms with van der Waals surface area (Å²) < 4.78 is 46.5. The molecule has 0 spiro atoms. The zero-order chi connectivity index (χ0) is 24.5. The molecule has 34 heavy (non-hydrogen) atoms. The number of carbonyl (C=O) groups excluding carboxylic acids is 1. The number of aromatic nitrogens is 1. The first-order valence-electron chi connectivity index (χ1n) is 11.5. The van der Waals surface area contributed by atoms with E-state index < -0.39 is 17.7 Å². The van der Waals surface area contributed by atoms with E-state index in [2.05, 4.69) is 4.98 Å². The number of pyridine rings is 1. The van der Waals surface area contributed by atoms with Gasteiger partial charge in [0, 0.05) is 30.8 Å².